The molecule has 0 fully saturated rings. The quantitative estimate of drug-likeness (QED) is 0.178. The van der Waals surface area contributed by atoms with E-state index in [9.17, 15) is 9.59 Å². The van der Waals surface area contributed by atoms with Gasteiger partial charge in [-0.25, -0.2) is 10.9 Å². The highest BCUT2D eigenvalue weighted by Gasteiger charge is 1.95. The first-order valence-corrected chi connectivity index (χ1v) is 5.22. The van der Waals surface area contributed by atoms with Crippen LogP contribution in [0.2, 0.25) is 0 Å². The Morgan fingerprint density at radius 1 is 0.857 bits per heavy atom. The minimum Gasteiger partial charge on any atom is -0.291 e. The molecule has 0 aliphatic rings. The van der Waals surface area contributed by atoms with Gasteiger partial charge in [-0.05, 0) is 0 Å². The first kappa shape index (κ1) is 13.6. The van der Waals surface area contributed by atoms with Crippen LogP contribution in [-0.4, -0.2) is 36.4 Å². The molecule has 82 valence electrons. The van der Waals surface area contributed by atoms with Gasteiger partial charge in [0.15, 0.2) is 0 Å². The lowest BCUT2D eigenvalue weighted by Gasteiger charge is -2.07. The first-order valence-electron chi connectivity index (χ1n) is 3.95. The zero-order valence-corrected chi connectivity index (χ0v) is 9.33. The molecule has 0 aliphatic heterocycles. The molecule has 0 radical (unpaired) electrons. The lowest BCUT2D eigenvalue weighted by Crippen LogP contribution is -2.46. The van der Waals surface area contributed by atoms with Crippen LogP contribution in [0.25, 0.3) is 0 Å². The zero-order valence-electron chi connectivity index (χ0n) is 7.54. The number of carbonyl (C=O) groups excluding carboxylic acids is 2. The average molecular weight is 238 g/mol. The van der Waals surface area contributed by atoms with E-state index in [2.05, 4.69) is 47.0 Å². The van der Waals surface area contributed by atoms with Crippen LogP contribution < -0.4 is 21.7 Å². The second kappa shape index (κ2) is 9.13. The number of hydrogen-bond donors (Lipinski definition) is 6. The fourth-order valence-electron chi connectivity index (χ4n) is 0.526. The van der Waals surface area contributed by atoms with Crippen LogP contribution in [0.15, 0.2) is 0 Å². The number of thiol groups is 2. The second-order valence-corrected chi connectivity index (χ2v) is 2.90. The van der Waals surface area contributed by atoms with Gasteiger partial charge in [0.2, 0.25) is 11.8 Å². The molecule has 0 aromatic heterocycles. The van der Waals surface area contributed by atoms with Crippen molar-refractivity contribution >= 4 is 37.1 Å². The predicted molar refractivity (Wildman–Crippen MR) is 60.0 cm³/mol. The van der Waals surface area contributed by atoms with E-state index in [1.54, 1.807) is 0 Å². The minimum atomic E-state index is -0.201. The van der Waals surface area contributed by atoms with Crippen molar-refractivity contribution in [1.82, 2.24) is 21.7 Å². The van der Waals surface area contributed by atoms with Gasteiger partial charge in [0, 0.05) is 13.1 Å². The van der Waals surface area contributed by atoms with Gasteiger partial charge in [0.25, 0.3) is 0 Å². The third-order valence-electron chi connectivity index (χ3n) is 1.12. The Kier molecular flexibility index (Phi) is 8.84. The molecule has 6 nitrogen and oxygen atoms in total. The van der Waals surface area contributed by atoms with E-state index in [1.807, 2.05) is 0 Å². The summed E-state index contributed by atoms with van der Waals surface area (Å²) in [6.07, 6.45) is 0. The highest BCUT2D eigenvalue weighted by molar-refractivity contribution is 7.81. The molecule has 0 saturated heterocycles. The Labute approximate surface area is 93.3 Å². The summed E-state index contributed by atoms with van der Waals surface area (Å²) < 4.78 is 0. The Morgan fingerprint density at radius 2 is 1.21 bits per heavy atom. The SMILES string of the molecule is O=C(CS)NNCCNNC(=O)CS. The molecule has 0 aliphatic carbocycles. The highest BCUT2D eigenvalue weighted by atomic mass is 32.1. The third-order valence-corrected chi connectivity index (χ3v) is 1.69. The average Bonchev–Trinajstić information content (AvgIpc) is 2.22. The summed E-state index contributed by atoms with van der Waals surface area (Å²) in [4.78, 5) is 21.3. The normalized spacial score (nSPS) is 9.57. The van der Waals surface area contributed by atoms with E-state index in [1.165, 1.54) is 0 Å². The van der Waals surface area contributed by atoms with Crippen molar-refractivity contribution in [3.63, 3.8) is 0 Å². The van der Waals surface area contributed by atoms with Gasteiger partial charge in [-0.15, -0.1) is 0 Å². The van der Waals surface area contributed by atoms with Crippen LogP contribution in [-0.2, 0) is 9.59 Å². The maximum absolute atomic E-state index is 10.6. The predicted octanol–water partition coefficient (Wildman–Crippen LogP) is -1.91. The Morgan fingerprint density at radius 3 is 1.50 bits per heavy atom. The molecule has 0 saturated carbocycles. The number of carbonyl (C=O) groups is 2. The molecule has 0 aromatic carbocycles. The van der Waals surface area contributed by atoms with Gasteiger partial charge in [0.1, 0.15) is 0 Å². The Bertz CT molecular complexity index is 171. The highest BCUT2D eigenvalue weighted by Crippen LogP contribution is 1.70. The standard InChI is InChI=1S/C6H14N4O2S2/c11-5(3-13)9-7-1-2-8-10-6(12)4-14/h7-8,13-14H,1-4H2,(H,9,11)(H,10,12). The molecule has 4 N–H and O–H groups in total. The molecular formula is C6H14N4O2S2. The number of rotatable bonds is 7. The molecule has 0 spiro atoms. The largest absolute Gasteiger partial charge is 0.291 e. The van der Waals surface area contributed by atoms with E-state index in [-0.39, 0.29) is 23.3 Å². The summed E-state index contributed by atoms with van der Waals surface area (Å²) in [5.74, 6) is -0.131. The molecule has 0 atom stereocenters. The van der Waals surface area contributed by atoms with Gasteiger partial charge >= 0.3 is 0 Å². The number of hydrogen-bond acceptors (Lipinski definition) is 6. The summed E-state index contributed by atoms with van der Waals surface area (Å²) in [6, 6.07) is 0. The van der Waals surface area contributed by atoms with E-state index in [0.29, 0.717) is 13.1 Å². The van der Waals surface area contributed by atoms with Gasteiger partial charge in [-0.2, -0.15) is 25.3 Å². The minimum absolute atomic E-state index is 0.136. The van der Waals surface area contributed by atoms with Gasteiger partial charge in [-0.1, -0.05) is 0 Å². The maximum atomic E-state index is 10.6. The molecule has 0 aromatic rings. The van der Waals surface area contributed by atoms with Crippen LogP contribution in [0, 0.1) is 0 Å². The van der Waals surface area contributed by atoms with Crippen molar-refractivity contribution in [1.29, 1.82) is 0 Å². The molecule has 0 unspecified atom stereocenters. The van der Waals surface area contributed by atoms with Crippen molar-refractivity contribution in [3.05, 3.63) is 0 Å². The summed E-state index contributed by atoms with van der Waals surface area (Å²) in [6.45, 7) is 0.985. The number of hydrazine groups is 2. The summed E-state index contributed by atoms with van der Waals surface area (Å²) in [5.41, 5.74) is 10.1. The lowest BCUT2D eigenvalue weighted by atomic mass is 10.6. The van der Waals surface area contributed by atoms with Crippen LogP contribution in [0.3, 0.4) is 0 Å². The van der Waals surface area contributed by atoms with Gasteiger partial charge in [0.05, 0.1) is 11.5 Å². The summed E-state index contributed by atoms with van der Waals surface area (Å²) >= 11 is 7.53. The van der Waals surface area contributed by atoms with Crippen LogP contribution in [0.1, 0.15) is 0 Å². The first-order chi connectivity index (χ1) is 6.70. The van der Waals surface area contributed by atoms with E-state index < -0.39 is 0 Å². The number of amides is 2. The van der Waals surface area contributed by atoms with Crippen molar-refractivity contribution in [2.45, 2.75) is 0 Å². The monoisotopic (exact) mass is 238 g/mol. The van der Waals surface area contributed by atoms with E-state index >= 15 is 0 Å². The third kappa shape index (κ3) is 8.17. The smallest absolute Gasteiger partial charge is 0.243 e. The molecule has 2 amide bonds. The Balaban J connectivity index is 3.14. The fourth-order valence-corrected chi connectivity index (χ4v) is 0.684. The van der Waals surface area contributed by atoms with Crippen LogP contribution in [0.5, 0.6) is 0 Å². The molecule has 14 heavy (non-hydrogen) atoms. The molecule has 0 bridgehead atoms. The second-order valence-electron chi connectivity index (χ2n) is 2.27. The maximum Gasteiger partial charge on any atom is 0.243 e. The zero-order chi connectivity index (χ0) is 10.8. The molecule has 8 heteroatoms. The van der Waals surface area contributed by atoms with E-state index in [0.717, 1.165) is 0 Å². The fraction of sp³-hybridized carbons (Fsp3) is 0.667. The molecule has 0 rings (SSSR count). The molecule has 0 heterocycles. The Hall–Kier alpha value is -0.440. The summed E-state index contributed by atoms with van der Waals surface area (Å²) in [5, 5.41) is 0. The lowest BCUT2D eigenvalue weighted by molar-refractivity contribution is -0.120. The van der Waals surface area contributed by atoms with Crippen LogP contribution >= 0.6 is 25.3 Å². The van der Waals surface area contributed by atoms with Crippen LogP contribution in [0.4, 0.5) is 0 Å². The van der Waals surface area contributed by atoms with Crippen molar-refractivity contribution in [2.24, 2.45) is 0 Å². The van der Waals surface area contributed by atoms with E-state index in [4.69, 9.17) is 0 Å². The van der Waals surface area contributed by atoms with Crippen molar-refractivity contribution < 1.29 is 9.59 Å². The van der Waals surface area contributed by atoms with Crippen molar-refractivity contribution in [3.8, 4) is 0 Å². The molecular weight excluding hydrogens is 224 g/mol. The summed E-state index contributed by atoms with van der Waals surface area (Å²) in [7, 11) is 0. The number of nitrogens with one attached hydrogen (secondary N) is 4. The van der Waals surface area contributed by atoms with Crippen molar-refractivity contribution in [2.75, 3.05) is 24.6 Å². The van der Waals surface area contributed by atoms with Gasteiger partial charge in [-0.3, -0.25) is 20.4 Å². The van der Waals surface area contributed by atoms with Gasteiger partial charge < -0.3 is 0 Å². The topological polar surface area (TPSA) is 82.3 Å².